The molecule has 35 heavy (non-hydrogen) atoms. The maximum Gasteiger partial charge on any atom is 0.407 e. The molecular weight excluding hydrogens is 444 g/mol. The highest BCUT2D eigenvalue weighted by atomic mass is 16.5. The first-order valence-corrected chi connectivity index (χ1v) is 12.7. The van der Waals surface area contributed by atoms with Crippen LogP contribution in [0.1, 0.15) is 62.0 Å². The van der Waals surface area contributed by atoms with Gasteiger partial charge in [0.05, 0.1) is 5.92 Å². The van der Waals surface area contributed by atoms with E-state index in [1.54, 1.807) is 0 Å². The summed E-state index contributed by atoms with van der Waals surface area (Å²) in [6, 6.07) is 15.3. The van der Waals surface area contributed by atoms with Crippen LogP contribution in [0.5, 0.6) is 0 Å². The van der Waals surface area contributed by atoms with Crippen molar-refractivity contribution in [1.82, 2.24) is 10.2 Å². The van der Waals surface area contributed by atoms with Crippen molar-refractivity contribution in [3.63, 3.8) is 0 Å². The van der Waals surface area contributed by atoms with Crippen molar-refractivity contribution in [3.05, 3.63) is 59.7 Å². The summed E-state index contributed by atoms with van der Waals surface area (Å²) in [6.07, 6.45) is 4.80. The molecule has 2 aliphatic carbocycles. The molecule has 184 valence electrons. The summed E-state index contributed by atoms with van der Waals surface area (Å²) >= 11 is 0. The van der Waals surface area contributed by atoms with Gasteiger partial charge in [-0.3, -0.25) is 4.79 Å². The van der Waals surface area contributed by atoms with E-state index >= 15 is 0 Å². The van der Waals surface area contributed by atoms with Crippen LogP contribution in [0.4, 0.5) is 4.79 Å². The number of likely N-dealkylation sites (tertiary alicyclic amines) is 1. The van der Waals surface area contributed by atoms with Gasteiger partial charge in [0.2, 0.25) is 5.91 Å². The average molecular weight is 477 g/mol. The van der Waals surface area contributed by atoms with Crippen molar-refractivity contribution < 1.29 is 24.2 Å². The van der Waals surface area contributed by atoms with Crippen LogP contribution in [0.25, 0.3) is 11.1 Å². The third-order valence-corrected chi connectivity index (χ3v) is 7.80. The number of nitrogens with one attached hydrogen (secondary N) is 1. The third-order valence-electron chi connectivity index (χ3n) is 7.80. The Balaban J connectivity index is 1.26. The molecule has 5 rings (SSSR count). The van der Waals surface area contributed by atoms with Crippen molar-refractivity contribution in [2.45, 2.75) is 62.9 Å². The highest BCUT2D eigenvalue weighted by Crippen LogP contribution is 2.44. The predicted molar refractivity (Wildman–Crippen MR) is 131 cm³/mol. The monoisotopic (exact) mass is 476 g/mol. The lowest BCUT2D eigenvalue weighted by Crippen LogP contribution is -2.50. The highest BCUT2D eigenvalue weighted by molar-refractivity contribution is 5.86. The molecule has 1 aliphatic heterocycles. The Morgan fingerprint density at radius 2 is 1.54 bits per heavy atom. The third kappa shape index (κ3) is 4.64. The van der Waals surface area contributed by atoms with Gasteiger partial charge in [-0.25, -0.2) is 9.59 Å². The fourth-order valence-corrected chi connectivity index (χ4v) is 6.07. The topological polar surface area (TPSA) is 95.9 Å². The van der Waals surface area contributed by atoms with Gasteiger partial charge in [-0.05, 0) is 47.9 Å². The summed E-state index contributed by atoms with van der Waals surface area (Å²) in [5, 5.41) is 12.5. The predicted octanol–water partition coefficient (Wildman–Crippen LogP) is 4.55. The smallest absolute Gasteiger partial charge is 0.407 e. The van der Waals surface area contributed by atoms with E-state index in [0.717, 1.165) is 30.4 Å². The minimum absolute atomic E-state index is 0.0272. The van der Waals surface area contributed by atoms with Gasteiger partial charge >= 0.3 is 12.1 Å². The Bertz CT molecular complexity index is 1070. The zero-order chi connectivity index (χ0) is 24.4. The molecule has 2 aromatic carbocycles. The summed E-state index contributed by atoms with van der Waals surface area (Å²) in [5.74, 6) is -1.55. The fourth-order valence-electron chi connectivity index (χ4n) is 6.07. The number of carbonyl (C=O) groups is 3. The number of aliphatic carboxylic acids is 1. The molecular formula is C28H32N2O5. The molecule has 7 heteroatoms. The summed E-state index contributed by atoms with van der Waals surface area (Å²) in [4.78, 5) is 39.4. The zero-order valence-electron chi connectivity index (χ0n) is 19.8. The van der Waals surface area contributed by atoms with Crippen molar-refractivity contribution in [3.8, 4) is 11.1 Å². The molecule has 3 atom stereocenters. The molecule has 0 bridgehead atoms. The summed E-state index contributed by atoms with van der Waals surface area (Å²) in [5.41, 5.74) is 4.64. The minimum Gasteiger partial charge on any atom is -0.480 e. The van der Waals surface area contributed by atoms with E-state index < -0.39 is 24.0 Å². The Morgan fingerprint density at radius 1 is 0.886 bits per heavy atom. The van der Waals surface area contributed by atoms with E-state index in [1.807, 2.05) is 24.3 Å². The van der Waals surface area contributed by atoms with Crippen LogP contribution in [0, 0.1) is 5.92 Å². The lowest BCUT2D eigenvalue weighted by atomic mass is 9.93. The normalized spacial score (nSPS) is 23.8. The lowest BCUT2D eigenvalue weighted by molar-refractivity contribution is -0.150. The number of hydrogen-bond donors (Lipinski definition) is 2. The summed E-state index contributed by atoms with van der Waals surface area (Å²) < 4.78 is 5.73. The van der Waals surface area contributed by atoms with E-state index in [0.29, 0.717) is 32.2 Å². The Morgan fingerprint density at radius 3 is 2.23 bits per heavy atom. The SMILES string of the molecule is O=C(N[C@H]1CCCCC[C@H]1C(=O)N1CCC[C@@H]1C(=O)O)OCC1c2ccccc2-c2ccccc21. The molecule has 1 saturated carbocycles. The molecule has 2 aromatic rings. The van der Waals surface area contributed by atoms with Gasteiger partial charge in [0.25, 0.3) is 0 Å². The maximum atomic E-state index is 13.4. The largest absolute Gasteiger partial charge is 0.480 e. The zero-order valence-corrected chi connectivity index (χ0v) is 19.8. The quantitative estimate of drug-likeness (QED) is 0.618. The fraction of sp³-hybridized carbons (Fsp3) is 0.464. The Labute approximate surface area is 205 Å². The lowest BCUT2D eigenvalue weighted by Gasteiger charge is -2.31. The van der Waals surface area contributed by atoms with Gasteiger partial charge in [-0.1, -0.05) is 67.8 Å². The summed E-state index contributed by atoms with van der Waals surface area (Å²) in [6.45, 7) is 0.683. The van der Waals surface area contributed by atoms with E-state index in [9.17, 15) is 19.5 Å². The number of rotatable bonds is 5. The van der Waals surface area contributed by atoms with Crippen molar-refractivity contribution in [2.75, 3.05) is 13.2 Å². The van der Waals surface area contributed by atoms with Gasteiger partial charge < -0.3 is 20.1 Å². The molecule has 7 nitrogen and oxygen atoms in total. The number of amides is 2. The maximum absolute atomic E-state index is 13.4. The van der Waals surface area contributed by atoms with Crippen LogP contribution in [0.2, 0.25) is 0 Å². The van der Waals surface area contributed by atoms with Crippen LogP contribution < -0.4 is 5.32 Å². The van der Waals surface area contributed by atoms with Crippen LogP contribution in [-0.2, 0) is 14.3 Å². The summed E-state index contributed by atoms with van der Waals surface area (Å²) in [7, 11) is 0. The molecule has 1 heterocycles. The van der Waals surface area contributed by atoms with Crippen molar-refractivity contribution >= 4 is 18.0 Å². The number of hydrogen-bond acceptors (Lipinski definition) is 4. The van der Waals surface area contributed by atoms with Crippen LogP contribution in [0.15, 0.2) is 48.5 Å². The van der Waals surface area contributed by atoms with Gasteiger partial charge in [0.1, 0.15) is 12.6 Å². The molecule has 1 saturated heterocycles. The second-order valence-corrected chi connectivity index (χ2v) is 9.85. The average Bonchev–Trinajstić information content (AvgIpc) is 3.40. The molecule has 2 fully saturated rings. The van der Waals surface area contributed by atoms with E-state index in [2.05, 4.69) is 29.6 Å². The number of fused-ring (bicyclic) bond motifs is 3. The number of nitrogens with zero attached hydrogens (tertiary/aromatic N) is 1. The second kappa shape index (κ2) is 10.1. The molecule has 0 spiro atoms. The first-order valence-electron chi connectivity index (χ1n) is 12.7. The number of carboxylic acids is 1. The molecule has 2 N–H and O–H groups in total. The van der Waals surface area contributed by atoms with Crippen molar-refractivity contribution in [2.24, 2.45) is 5.92 Å². The Kier molecular flexibility index (Phi) is 6.75. The van der Waals surface area contributed by atoms with E-state index in [4.69, 9.17) is 4.74 Å². The van der Waals surface area contributed by atoms with E-state index in [-0.39, 0.29) is 24.5 Å². The number of alkyl carbamates (subject to hydrolysis) is 1. The van der Waals surface area contributed by atoms with Crippen molar-refractivity contribution in [1.29, 1.82) is 0 Å². The van der Waals surface area contributed by atoms with Crippen LogP contribution >= 0.6 is 0 Å². The van der Waals surface area contributed by atoms with Crippen LogP contribution in [0.3, 0.4) is 0 Å². The van der Waals surface area contributed by atoms with E-state index in [1.165, 1.54) is 16.0 Å². The molecule has 2 amide bonds. The minimum atomic E-state index is -0.953. The van der Waals surface area contributed by atoms with Gasteiger partial charge in [-0.2, -0.15) is 0 Å². The van der Waals surface area contributed by atoms with Gasteiger partial charge in [0.15, 0.2) is 0 Å². The molecule has 3 aliphatic rings. The Hall–Kier alpha value is -3.35. The first kappa shape index (κ1) is 23.4. The molecule has 0 radical (unpaired) electrons. The number of ether oxygens (including phenoxy) is 1. The first-order chi connectivity index (χ1) is 17.0. The second-order valence-electron chi connectivity index (χ2n) is 9.85. The number of carboxylic acid groups (broad SMARTS) is 1. The molecule has 0 unspecified atom stereocenters. The highest BCUT2D eigenvalue weighted by Gasteiger charge is 2.40. The molecule has 0 aromatic heterocycles. The number of benzene rings is 2. The van der Waals surface area contributed by atoms with Crippen LogP contribution in [-0.4, -0.2) is 53.2 Å². The standard InChI is InChI=1S/C28H32N2O5/c31-26(30-16-8-15-25(30)27(32)33)22-13-2-1-3-14-24(22)29-28(34)35-17-23-20-11-6-4-9-18(20)19-10-5-7-12-21(19)23/h4-7,9-12,22-25H,1-3,8,13-17H2,(H,29,34)(H,32,33)/t22-,24+,25-/m1/s1. The number of carbonyl (C=O) groups excluding carboxylic acids is 2. The van der Waals surface area contributed by atoms with Gasteiger partial charge in [-0.15, -0.1) is 0 Å². The van der Waals surface area contributed by atoms with Gasteiger partial charge in [0, 0.05) is 18.5 Å².